The molecule has 1 unspecified atom stereocenters. The molecule has 0 fully saturated rings. The molecule has 2 rings (SSSR count). The van der Waals surface area contributed by atoms with Gasteiger partial charge in [0.15, 0.2) is 0 Å². The second kappa shape index (κ2) is 7.46. The van der Waals surface area contributed by atoms with E-state index in [1.807, 2.05) is 30.3 Å². The van der Waals surface area contributed by atoms with Gasteiger partial charge in [-0.25, -0.2) is 0 Å². The van der Waals surface area contributed by atoms with Crippen molar-refractivity contribution in [3.05, 3.63) is 68.1 Å². The van der Waals surface area contributed by atoms with Gasteiger partial charge in [0.05, 0.1) is 0 Å². The summed E-state index contributed by atoms with van der Waals surface area (Å²) in [5, 5.41) is 5.05. The van der Waals surface area contributed by atoms with Crippen molar-refractivity contribution in [3.8, 4) is 0 Å². The topological polar surface area (TPSA) is 12.0 Å². The third kappa shape index (κ3) is 4.49. The standard InChI is InChI=1S/C16H16BrCl2N/c1-11(15-7-4-13(17)10-16(15)19)20-9-8-12-2-5-14(18)6-3-12/h2-7,10-11,20H,8-9H2,1H3. The average Bonchev–Trinajstić information content (AvgIpc) is 2.41. The molecule has 0 spiro atoms. The Labute approximate surface area is 138 Å². The van der Waals surface area contributed by atoms with Crippen LogP contribution in [0.15, 0.2) is 46.9 Å². The number of benzene rings is 2. The maximum atomic E-state index is 6.25. The average molecular weight is 373 g/mol. The van der Waals surface area contributed by atoms with E-state index in [1.165, 1.54) is 5.56 Å². The van der Waals surface area contributed by atoms with Crippen LogP contribution >= 0.6 is 39.1 Å². The third-order valence-corrected chi connectivity index (χ3v) is 4.28. The van der Waals surface area contributed by atoms with Crippen LogP contribution in [0, 0.1) is 0 Å². The van der Waals surface area contributed by atoms with Crippen molar-refractivity contribution in [3.63, 3.8) is 0 Å². The van der Waals surface area contributed by atoms with Crippen LogP contribution in [0.25, 0.3) is 0 Å². The molecule has 2 aromatic carbocycles. The van der Waals surface area contributed by atoms with Crippen LogP contribution in [0.5, 0.6) is 0 Å². The van der Waals surface area contributed by atoms with Gasteiger partial charge in [-0.05, 0) is 55.3 Å². The van der Waals surface area contributed by atoms with E-state index in [0.717, 1.165) is 33.0 Å². The Hall–Kier alpha value is -0.540. The van der Waals surface area contributed by atoms with E-state index in [0.29, 0.717) is 0 Å². The van der Waals surface area contributed by atoms with E-state index in [2.05, 4.69) is 40.3 Å². The Bertz CT molecular complexity index is 569. The van der Waals surface area contributed by atoms with Gasteiger partial charge in [0, 0.05) is 20.6 Å². The fourth-order valence-electron chi connectivity index (χ4n) is 2.05. The van der Waals surface area contributed by atoms with Gasteiger partial charge in [0.25, 0.3) is 0 Å². The normalized spacial score (nSPS) is 12.4. The van der Waals surface area contributed by atoms with Gasteiger partial charge < -0.3 is 5.32 Å². The van der Waals surface area contributed by atoms with E-state index >= 15 is 0 Å². The number of rotatable bonds is 5. The summed E-state index contributed by atoms with van der Waals surface area (Å²) in [6, 6.07) is 14.2. The lowest BCUT2D eigenvalue weighted by Crippen LogP contribution is -2.21. The first-order chi connectivity index (χ1) is 9.56. The highest BCUT2D eigenvalue weighted by Crippen LogP contribution is 2.26. The lowest BCUT2D eigenvalue weighted by molar-refractivity contribution is 0.577. The molecule has 0 heterocycles. The smallest absolute Gasteiger partial charge is 0.0464 e. The molecule has 106 valence electrons. The molecule has 1 atom stereocenters. The van der Waals surface area contributed by atoms with Crippen LogP contribution in [0.4, 0.5) is 0 Å². The van der Waals surface area contributed by atoms with Crippen molar-refractivity contribution in [2.24, 2.45) is 0 Å². The molecule has 0 bridgehead atoms. The predicted molar refractivity (Wildman–Crippen MR) is 90.7 cm³/mol. The van der Waals surface area contributed by atoms with Crippen molar-refractivity contribution in [2.75, 3.05) is 6.54 Å². The van der Waals surface area contributed by atoms with Crippen molar-refractivity contribution >= 4 is 39.1 Å². The number of hydrogen-bond acceptors (Lipinski definition) is 1. The predicted octanol–water partition coefficient (Wildman–Crippen LogP) is 5.65. The quantitative estimate of drug-likeness (QED) is 0.714. The van der Waals surface area contributed by atoms with Gasteiger partial charge in [0.1, 0.15) is 0 Å². The number of hydrogen-bond donors (Lipinski definition) is 1. The fourth-order valence-corrected chi connectivity index (χ4v) is 3.01. The Morgan fingerprint density at radius 2 is 1.80 bits per heavy atom. The minimum atomic E-state index is 0.225. The second-order valence-electron chi connectivity index (χ2n) is 4.72. The summed E-state index contributed by atoms with van der Waals surface area (Å²) in [5.74, 6) is 0. The van der Waals surface area contributed by atoms with Gasteiger partial charge in [-0.2, -0.15) is 0 Å². The number of nitrogens with one attached hydrogen (secondary N) is 1. The Morgan fingerprint density at radius 1 is 1.10 bits per heavy atom. The van der Waals surface area contributed by atoms with Crippen LogP contribution < -0.4 is 5.32 Å². The summed E-state index contributed by atoms with van der Waals surface area (Å²) < 4.78 is 1.000. The van der Waals surface area contributed by atoms with Gasteiger partial charge in [-0.15, -0.1) is 0 Å². The highest BCUT2D eigenvalue weighted by Gasteiger charge is 2.09. The van der Waals surface area contributed by atoms with E-state index in [1.54, 1.807) is 0 Å². The molecule has 0 aliphatic heterocycles. The van der Waals surface area contributed by atoms with Gasteiger partial charge in [0.2, 0.25) is 0 Å². The zero-order chi connectivity index (χ0) is 14.5. The zero-order valence-electron chi connectivity index (χ0n) is 11.2. The van der Waals surface area contributed by atoms with Crippen LogP contribution in [-0.4, -0.2) is 6.54 Å². The Morgan fingerprint density at radius 3 is 2.45 bits per heavy atom. The first kappa shape index (κ1) is 15.8. The molecule has 4 heteroatoms. The molecular formula is C16H16BrCl2N. The van der Waals surface area contributed by atoms with Crippen molar-refractivity contribution in [2.45, 2.75) is 19.4 Å². The molecule has 0 amide bonds. The molecular weight excluding hydrogens is 357 g/mol. The summed E-state index contributed by atoms with van der Waals surface area (Å²) in [7, 11) is 0. The maximum Gasteiger partial charge on any atom is 0.0464 e. The SMILES string of the molecule is CC(NCCc1ccc(Cl)cc1)c1ccc(Br)cc1Cl. The van der Waals surface area contributed by atoms with E-state index in [-0.39, 0.29) is 6.04 Å². The summed E-state index contributed by atoms with van der Waals surface area (Å²) >= 11 is 15.5. The summed E-state index contributed by atoms with van der Waals surface area (Å²) in [5.41, 5.74) is 2.39. The Balaban J connectivity index is 1.88. The molecule has 0 saturated carbocycles. The molecule has 2 aromatic rings. The van der Waals surface area contributed by atoms with Crippen LogP contribution in [0.2, 0.25) is 10.0 Å². The molecule has 20 heavy (non-hydrogen) atoms. The summed E-state index contributed by atoms with van der Waals surface area (Å²) in [6.07, 6.45) is 0.968. The first-order valence-electron chi connectivity index (χ1n) is 6.49. The van der Waals surface area contributed by atoms with Crippen molar-refractivity contribution in [1.29, 1.82) is 0 Å². The largest absolute Gasteiger partial charge is 0.310 e. The zero-order valence-corrected chi connectivity index (χ0v) is 14.3. The summed E-state index contributed by atoms with van der Waals surface area (Å²) in [4.78, 5) is 0. The van der Waals surface area contributed by atoms with Gasteiger partial charge in [-0.3, -0.25) is 0 Å². The van der Waals surface area contributed by atoms with E-state index in [9.17, 15) is 0 Å². The second-order valence-corrected chi connectivity index (χ2v) is 6.48. The molecule has 1 nitrogen and oxygen atoms in total. The molecule has 0 aliphatic carbocycles. The molecule has 0 radical (unpaired) electrons. The molecule has 0 aromatic heterocycles. The highest BCUT2D eigenvalue weighted by molar-refractivity contribution is 9.10. The fraction of sp³-hybridized carbons (Fsp3) is 0.250. The van der Waals surface area contributed by atoms with Crippen molar-refractivity contribution in [1.82, 2.24) is 5.32 Å². The van der Waals surface area contributed by atoms with E-state index in [4.69, 9.17) is 23.2 Å². The lowest BCUT2D eigenvalue weighted by Gasteiger charge is -2.16. The van der Waals surface area contributed by atoms with Gasteiger partial charge in [-0.1, -0.05) is 57.3 Å². The van der Waals surface area contributed by atoms with E-state index < -0.39 is 0 Å². The molecule has 0 saturated heterocycles. The molecule has 0 aliphatic rings. The minimum Gasteiger partial charge on any atom is -0.310 e. The summed E-state index contributed by atoms with van der Waals surface area (Å²) in [6.45, 7) is 3.02. The van der Waals surface area contributed by atoms with Gasteiger partial charge >= 0.3 is 0 Å². The maximum absolute atomic E-state index is 6.25. The lowest BCUT2D eigenvalue weighted by atomic mass is 10.1. The van der Waals surface area contributed by atoms with Crippen LogP contribution in [0.3, 0.4) is 0 Å². The van der Waals surface area contributed by atoms with Crippen LogP contribution in [0.1, 0.15) is 24.1 Å². The Kier molecular flexibility index (Phi) is 5.91. The third-order valence-electron chi connectivity index (χ3n) is 3.21. The van der Waals surface area contributed by atoms with Crippen molar-refractivity contribution < 1.29 is 0 Å². The minimum absolute atomic E-state index is 0.225. The van der Waals surface area contributed by atoms with Crippen LogP contribution in [-0.2, 0) is 6.42 Å². The monoisotopic (exact) mass is 371 g/mol. The first-order valence-corrected chi connectivity index (χ1v) is 8.04. The molecule has 1 N–H and O–H groups in total. The number of halogens is 3. The highest BCUT2D eigenvalue weighted by atomic mass is 79.9.